The molecule has 0 aliphatic heterocycles. The summed E-state index contributed by atoms with van der Waals surface area (Å²) < 4.78 is 17.4. The normalized spacial score (nSPS) is 9.80. The Morgan fingerprint density at radius 3 is 2.67 bits per heavy atom. The fourth-order valence-electron chi connectivity index (χ4n) is 1.14. The van der Waals surface area contributed by atoms with Crippen LogP contribution in [0.15, 0.2) is 18.2 Å². The summed E-state index contributed by atoms with van der Waals surface area (Å²) in [6, 6.07) is 3.93. The van der Waals surface area contributed by atoms with Gasteiger partial charge in [-0.3, -0.25) is 9.59 Å². The minimum Gasteiger partial charge on any atom is -0.457 e. The van der Waals surface area contributed by atoms with Crippen molar-refractivity contribution in [1.82, 2.24) is 0 Å². The van der Waals surface area contributed by atoms with Crippen molar-refractivity contribution in [3.05, 3.63) is 35.1 Å². The van der Waals surface area contributed by atoms with Crippen molar-refractivity contribution in [2.24, 2.45) is 0 Å². The Balaban J connectivity index is 2.81. The molecule has 0 atom stereocenters. The van der Waals surface area contributed by atoms with Crippen LogP contribution in [-0.2, 0) is 9.53 Å². The average Bonchev–Trinajstić information content (AvgIpc) is 2.18. The maximum Gasteiger partial charge on any atom is 0.303 e. The molecule has 1 aromatic carbocycles. The third kappa shape index (κ3) is 3.16. The van der Waals surface area contributed by atoms with E-state index in [9.17, 15) is 14.0 Å². The van der Waals surface area contributed by atoms with Crippen molar-refractivity contribution in [2.45, 2.75) is 13.8 Å². The fraction of sp³-hybridized carbons (Fsp3) is 0.273. The first-order valence-corrected chi connectivity index (χ1v) is 4.43. The van der Waals surface area contributed by atoms with Gasteiger partial charge in [-0.25, -0.2) is 4.39 Å². The van der Waals surface area contributed by atoms with E-state index in [0.717, 1.165) is 6.07 Å². The van der Waals surface area contributed by atoms with Crippen LogP contribution < -0.4 is 0 Å². The monoisotopic (exact) mass is 210 g/mol. The second kappa shape index (κ2) is 4.68. The van der Waals surface area contributed by atoms with Crippen molar-refractivity contribution in [2.75, 3.05) is 6.61 Å². The number of halogens is 1. The van der Waals surface area contributed by atoms with Crippen LogP contribution >= 0.6 is 0 Å². The predicted molar refractivity (Wildman–Crippen MR) is 52.1 cm³/mol. The molecule has 4 heteroatoms. The van der Waals surface area contributed by atoms with Gasteiger partial charge in [-0.15, -0.1) is 0 Å². The summed E-state index contributed by atoms with van der Waals surface area (Å²) in [6.45, 7) is 2.56. The summed E-state index contributed by atoms with van der Waals surface area (Å²) in [6.07, 6.45) is 0. The Morgan fingerprint density at radius 1 is 1.40 bits per heavy atom. The third-order valence-electron chi connectivity index (χ3n) is 1.91. The zero-order valence-corrected chi connectivity index (χ0v) is 8.54. The highest BCUT2D eigenvalue weighted by atomic mass is 19.1. The van der Waals surface area contributed by atoms with Crippen molar-refractivity contribution in [1.29, 1.82) is 0 Å². The number of ether oxygens (including phenoxy) is 1. The van der Waals surface area contributed by atoms with E-state index in [-0.39, 0.29) is 12.2 Å². The van der Waals surface area contributed by atoms with Gasteiger partial charge < -0.3 is 4.74 Å². The molecule has 0 fully saturated rings. The summed E-state index contributed by atoms with van der Waals surface area (Å²) in [5.74, 6) is -1.41. The first-order chi connectivity index (χ1) is 7.00. The number of rotatable bonds is 3. The number of hydrogen-bond acceptors (Lipinski definition) is 3. The van der Waals surface area contributed by atoms with E-state index in [4.69, 9.17) is 0 Å². The van der Waals surface area contributed by atoms with Crippen molar-refractivity contribution >= 4 is 11.8 Å². The van der Waals surface area contributed by atoms with E-state index < -0.39 is 17.6 Å². The molecular formula is C11H11FO3. The zero-order chi connectivity index (χ0) is 11.4. The topological polar surface area (TPSA) is 43.4 Å². The number of hydrogen-bond donors (Lipinski definition) is 0. The quantitative estimate of drug-likeness (QED) is 0.565. The summed E-state index contributed by atoms with van der Waals surface area (Å²) in [7, 11) is 0. The summed E-state index contributed by atoms with van der Waals surface area (Å²) in [4.78, 5) is 22.0. The van der Waals surface area contributed by atoms with Crippen LogP contribution in [0.25, 0.3) is 0 Å². The highest BCUT2D eigenvalue weighted by Crippen LogP contribution is 2.11. The number of carbonyl (C=O) groups excluding carboxylic acids is 2. The van der Waals surface area contributed by atoms with Gasteiger partial charge in [0, 0.05) is 12.5 Å². The van der Waals surface area contributed by atoms with E-state index >= 15 is 0 Å². The number of carbonyl (C=O) groups is 2. The Hall–Kier alpha value is -1.71. The second-order valence-electron chi connectivity index (χ2n) is 3.16. The molecule has 0 aliphatic rings. The highest BCUT2D eigenvalue weighted by molar-refractivity contribution is 5.99. The molecule has 0 saturated carbocycles. The van der Waals surface area contributed by atoms with Gasteiger partial charge >= 0.3 is 5.97 Å². The first-order valence-electron chi connectivity index (χ1n) is 4.43. The number of benzene rings is 1. The van der Waals surface area contributed by atoms with Gasteiger partial charge in [0.25, 0.3) is 0 Å². The Bertz CT molecular complexity index is 399. The van der Waals surface area contributed by atoms with Crippen LogP contribution in [0.5, 0.6) is 0 Å². The molecule has 15 heavy (non-hydrogen) atoms. The SMILES string of the molecule is CC(=O)OCC(=O)c1cc(F)ccc1C. The van der Waals surface area contributed by atoms with Gasteiger partial charge in [-0.05, 0) is 24.6 Å². The molecule has 1 rings (SSSR count). The lowest BCUT2D eigenvalue weighted by atomic mass is 10.1. The zero-order valence-electron chi connectivity index (χ0n) is 8.54. The highest BCUT2D eigenvalue weighted by Gasteiger charge is 2.11. The molecule has 0 heterocycles. The van der Waals surface area contributed by atoms with Crippen LogP contribution in [0, 0.1) is 12.7 Å². The van der Waals surface area contributed by atoms with Crippen LogP contribution in [0.2, 0.25) is 0 Å². The van der Waals surface area contributed by atoms with Crippen LogP contribution in [0.1, 0.15) is 22.8 Å². The van der Waals surface area contributed by atoms with E-state index in [1.54, 1.807) is 6.92 Å². The maximum absolute atomic E-state index is 12.8. The predicted octanol–water partition coefficient (Wildman–Crippen LogP) is 1.88. The Kier molecular flexibility index (Phi) is 3.55. The lowest BCUT2D eigenvalue weighted by Crippen LogP contribution is -2.13. The van der Waals surface area contributed by atoms with E-state index in [1.807, 2.05) is 0 Å². The third-order valence-corrected chi connectivity index (χ3v) is 1.91. The Morgan fingerprint density at radius 2 is 2.07 bits per heavy atom. The number of Topliss-reactive ketones (excluding diaryl/α,β-unsaturated/α-hetero) is 1. The average molecular weight is 210 g/mol. The lowest BCUT2D eigenvalue weighted by Gasteiger charge is -2.04. The lowest BCUT2D eigenvalue weighted by molar-refractivity contribution is -0.139. The van der Waals surface area contributed by atoms with Gasteiger partial charge in [0.2, 0.25) is 5.78 Å². The van der Waals surface area contributed by atoms with Gasteiger partial charge in [0.1, 0.15) is 5.82 Å². The smallest absolute Gasteiger partial charge is 0.303 e. The molecule has 0 radical (unpaired) electrons. The molecule has 0 amide bonds. The molecule has 80 valence electrons. The molecule has 0 unspecified atom stereocenters. The minimum atomic E-state index is -0.530. The minimum absolute atomic E-state index is 0.247. The molecular weight excluding hydrogens is 199 g/mol. The van der Waals surface area contributed by atoms with Crippen molar-refractivity contribution in [3.8, 4) is 0 Å². The molecule has 0 N–H and O–H groups in total. The molecule has 0 bridgehead atoms. The maximum atomic E-state index is 12.8. The molecule has 0 saturated heterocycles. The first kappa shape index (κ1) is 11.4. The van der Waals surface area contributed by atoms with Crippen molar-refractivity contribution in [3.63, 3.8) is 0 Å². The Labute approximate surface area is 86.9 Å². The van der Waals surface area contributed by atoms with Gasteiger partial charge in [-0.1, -0.05) is 6.07 Å². The molecule has 0 aliphatic carbocycles. The van der Waals surface area contributed by atoms with Crippen LogP contribution in [-0.4, -0.2) is 18.4 Å². The van der Waals surface area contributed by atoms with Crippen LogP contribution in [0.3, 0.4) is 0 Å². The standard InChI is InChI=1S/C11H11FO3/c1-7-3-4-9(12)5-10(7)11(14)6-15-8(2)13/h3-5H,6H2,1-2H3. The van der Waals surface area contributed by atoms with E-state index in [1.165, 1.54) is 19.1 Å². The van der Waals surface area contributed by atoms with Gasteiger partial charge in [-0.2, -0.15) is 0 Å². The molecule has 0 spiro atoms. The van der Waals surface area contributed by atoms with Crippen molar-refractivity contribution < 1.29 is 18.7 Å². The summed E-state index contributed by atoms with van der Waals surface area (Å²) >= 11 is 0. The van der Waals surface area contributed by atoms with Crippen LogP contribution in [0.4, 0.5) is 4.39 Å². The van der Waals surface area contributed by atoms with E-state index in [0.29, 0.717) is 5.56 Å². The number of esters is 1. The summed E-state index contributed by atoms with van der Waals surface area (Å²) in [5.41, 5.74) is 0.907. The fourth-order valence-corrected chi connectivity index (χ4v) is 1.14. The second-order valence-corrected chi connectivity index (χ2v) is 3.16. The molecule has 1 aromatic rings. The molecule has 0 aromatic heterocycles. The van der Waals surface area contributed by atoms with Gasteiger partial charge in [0.15, 0.2) is 6.61 Å². The van der Waals surface area contributed by atoms with Gasteiger partial charge in [0.05, 0.1) is 0 Å². The molecule has 3 nitrogen and oxygen atoms in total. The van der Waals surface area contributed by atoms with E-state index in [2.05, 4.69) is 4.74 Å². The largest absolute Gasteiger partial charge is 0.457 e. The summed E-state index contributed by atoms with van der Waals surface area (Å²) in [5, 5.41) is 0. The number of aryl methyl sites for hydroxylation is 1. The number of ketones is 1.